The number of benzene rings is 1. The maximum absolute atomic E-state index is 8.57. The monoisotopic (exact) mass is 189 g/mol. The van der Waals surface area contributed by atoms with E-state index in [4.69, 9.17) is 10.00 Å². The van der Waals surface area contributed by atoms with Crippen LogP contribution in [0.3, 0.4) is 0 Å². The number of hydrogen-bond donors (Lipinski definition) is 0. The van der Waals surface area contributed by atoms with Crippen LogP contribution in [0.2, 0.25) is 0 Å². The van der Waals surface area contributed by atoms with E-state index < -0.39 is 0 Å². The molecule has 0 spiro atoms. The van der Waals surface area contributed by atoms with Crippen molar-refractivity contribution >= 4 is 0 Å². The van der Waals surface area contributed by atoms with Gasteiger partial charge in [0.1, 0.15) is 5.75 Å². The number of nitriles is 1. The van der Waals surface area contributed by atoms with Gasteiger partial charge in [0.05, 0.1) is 19.6 Å². The number of ether oxygens (including phenoxy) is 1. The lowest BCUT2D eigenvalue weighted by Crippen LogP contribution is -1.95. The zero-order valence-electron chi connectivity index (χ0n) is 8.87. The third kappa shape index (κ3) is 2.26. The highest BCUT2D eigenvalue weighted by atomic mass is 16.5. The molecule has 2 nitrogen and oxygen atoms in total. The van der Waals surface area contributed by atoms with Crippen molar-refractivity contribution in [1.82, 2.24) is 0 Å². The largest absolute Gasteiger partial charge is 0.496 e. The van der Waals surface area contributed by atoms with Gasteiger partial charge in [-0.25, -0.2) is 0 Å². The predicted molar refractivity (Wildman–Crippen MR) is 56.4 cm³/mol. The Morgan fingerprint density at radius 3 is 2.64 bits per heavy atom. The average molecular weight is 189 g/mol. The molecule has 0 N–H and O–H groups in total. The summed E-state index contributed by atoms with van der Waals surface area (Å²) < 4.78 is 5.28. The minimum atomic E-state index is 0.439. The molecule has 0 aliphatic carbocycles. The molecule has 1 aromatic rings. The van der Waals surface area contributed by atoms with Crippen LogP contribution >= 0.6 is 0 Å². The minimum absolute atomic E-state index is 0.439. The van der Waals surface area contributed by atoms with Crippen LogP contribution in [0.5, 0.6) is 5.75 Å². The fourth-order valence-corrected chi connectivity index (χ4v) is 1.43. The first kappa shape index (κ1) is 10.6. The van der Waals surface area contributed by atoms with Crippen molar-refractivity contribution in [2.75, 3.05) is 7.11 Å². The molecule has 0 saturated carbocycles. The first-order valence-electron chi connectivity index (χ1n) is 4.72. The van der Waals surface area contributed by atoms with E-state index in [1.165, 1.54) is 5.56 Å². The predicted octanol–water partition coefficient (Wildman–Crippen LogP) is 2.88. The Labute approximate surface area is 85.1 Å². The quantitative estimate of drug-likeness (QED) is 0.732. The van der Waals surface area contributed by atoms with Crippen LogP contribution in [0.25, 0.3) is 0 Å². The maximum Gasteiger partial charge on any atom is 0.122 e. The van der Waals surface area contributed by atoms with Gasteiger partial charge in [-0.15, -0.1) is 0 Å². The average Bonchev–Trinajstić information content (AvgIpc) is 2.17. The van der Waals surface area contributed by atoms with Gasteiger partial charge < -0.3 is 4.74 Å². The summed E-state index contributed by atoms with van der Waals surface area (Å²) in [5.41, 5.74) is 2.20. The van der Waals surface area contributed by atoms with Crippen LogP contribution < -0.4 is 4.74 Å². The molecule has 0 aromatic heterocycles. The molecule has 0 radical (unpaired) electrons. The summed E-state index contributed by atoms with van der Waals surface area (Å²) in [7, 11) is 1.66. The smallest absolute Gasteiger partial charge is 0.122 e. The standard InChI is InChI=1S/C12H15NO/c1-9(2)11-5-4-10(6-7-13)8-12(11)14-3/h4-5,8-9H,6H2,1-3H3. The van der Waals surface area contributed by atoms with Gasteiger partial charge >= 0.3 is 0 Å². The summed E-state index contributed by atoms with van der Waals surface area (Å²) in [6, 6.07) is 8.10. The van der Waals surface area contributed by atoms with Crippen molar-refractivity contribution in [2.45, 2.75) is 26.2 Å². The van der Waals surface area contributed by atoms with Crippen LogP contribution in [-0.4, -0.2) is 7.11 Å². The lowest BCUT2D eigenvalue weighted by Gasteiger charge is -2.12. The summed E-state index contributed by atoms with van der Waals surface area (Å²) in [6.45, 7) is 4.25. The lowest BCUT2D eigenvalue weighted by atomic mass is 9.99. The Balaban J connectivity index is 3.06. The van der Waals surface area contributed by atoms with Crippen LogP contribution in [0, 0.1) is 11.3 Å². The van der Waals surface area contributed by atoms with Crippen molar-refractivity contribution < 1.29 is 4.74 Å². The SMILES string of the molecule is COc1cc(CC#N)ccc1C(C)C. The third-order valence-electron chi connectivity index (χ3n) is 2.20. The first-order valence-corrected chi connectivity index (χ1v) is 4.72. The second-order valence-corrected chi connectivity index (χ2v) is 3.57. The number of methoxy groups -OCH3 is 1. The topological polar surface area (TPSA) is 33.0 Å². The highest BCUT2D eigenvalue weighted by Crippen LogP contribution is 2.27. The molecule has 0 amide bonds. The highest BCUT2D eigenvalue weighted by molar-refractivity contribution is 5.40. The molecule has 2 heteroatoms. The summed E-state index contributed by atoms with van der Waals surface area (Å²) >= 11 is 0. The molecule has 74 valence electrons. The van der Waals surface area contributed by atoms with E-state index in [1.54, 1.807) is 7.11 Å². The van der Waals surface area contributed by atoms with E-state index in [0.29, 0.717) is 12.3 Å². The maximum atomic E-state index is 8.57. The van der Waals surface area contributed by atoms with E-state index >= 15 is 0 Å². The summed E-state index contributed by atoms with van der Waals surface area (Å²) in [4.78, 5) is 0. The van der Waals surface area contributed by atoms with Gasteiger partial charge in [-0.3, -0.25) is 0 Å². The zero-order chi connectivity index (χ0) is 10.6. The molecule has 0 atom stereocenters. The molecule has 1 rings (SSSR count). The van der Waals surface area contributed by atoms with Crippen LogP contribution in [-0.2, 0) is 6.42 Å². The molecular weight excluding hydrogens is 174 g/mol. The van der Waals surface area contributed by atoms with E-state index in [0.717, 1.165) is 11.3 Å². The fraction of sp³-hybridized carbons (Fsp3) is 0.417. The van der Waals surface area contributed by atoms with Gasteiger partial charge in [0, 0.05) is 0 Å². The van der Waals surface area contributed by atoms with Crippen molar-refractivity contribution in [2.24, 2.45) is 0 Å². The zero-order valence-corrected chi connectivity index (χ0v) is 8.87. The van der Waals surface area contributed by atoms with E-state index in [1.807, 2.05) is 18.2 Å². The lowest BCUT2D eigenvalue weighted by molar-refractivity contribution is 0.407. The van der Waals surface area contributed by atoms with Gasteiger partial charge in [-0.05, 0) is 23.1 Å². The second-order valence-electron chi connectivity index (χ2n) is 3.57. The van der Waals surface area contributed by atoms with Crippen LogP contribution in [0.4, 0.5) is 0 Å². The molecule has 0 fully saturated rings. The van der Waals surface area contributed by atoms with Gasteiger partial charge in [-0.2, -0.15) is 5.26 Å². The number of hydrogen-bond acceptors (Lipinski definition) is 2. The highest BCUT2D eigenvalue weighted by Gasteiger charge is 2.07. The van der Waals surface area contributed by atoms with Crippen molar-refractivity contribution in [1.29, 1.82) is 5.26 Å². The minimum Gasteiger partial charge on any atom is -0.496 e. The van der Waals surface area contributed by atoms with Crippen LogP contribution in [0.1, 0.15) is 30.9 Å². The van der Waals surface area contributed by atoms with Gasteiger partial charge in [0.15, 0.2) is 0 Å². The molecule has 0 heterocycles. The molecule has 0 aliphatic rings. The second kappa shape index (κ2) is 4.66. The van der Waals surface area contributed by atoms with E-state index in [2.05, 4.69) is 19.9 Å². The Morgan fingerprint density at radius 2 is 2.14 bits per heavy atom. The van der Waals surface area contributed by atoms with Crippen molar-refractivity contribution in [3.63, 3.8) is 0 Å². The Hall–Kier alpha value is -1.49. The third-order valence-corrected chi connectivity index (χ3v) is 2.20. The van der Waals surface area contributed by atoms with Crippen molar-refractivity contribution in [3.05, 3.63) is 29.3 Å². The molecular formula is C12H15NO. The number of nitrogens with zero attached hydrogens (tertiary/aromatic N) is 1. The van der Waals surface area contributed by atoms with Gasteiger partial charge in [0.2, 0.25) is 0 Å². The van der Waals surface area contributed by atoms with Gasteiger partial charge in [-0.1, -0.05) is 26.0 Å². The van der Waals surface area contributed by atoms with Crippen LogP contribution in [0.15, 0.2) is 18.2 Å². The van der Waals surface area contributed by atoms with Crippen molar-refractivity contribution in [3.8, 4) is 11.8 Å². The Kier molecular flexibility index (Phi) is 3.53. The number of rotatable bonds is 3. The molecule has 0 unspecified atom stereocenters. The normalized spacial score (nSPS) is 9.93. The molecule has 0 bridgehead atoms. The molecule has 0 aliphatic heterocycles. The first-order chi connectivity index (χ1) is 6.69. The fourth-order valence-electron chi connectivity index (χ4n) is 1.43. The molecule has 14 heavy (non-hydrogen) atoms. The van der Waals surface area contributed by atoms with Gasteiger partial charge in [0.25, 0.3) is 0 Å². The summed E-state index contributed by atoms with van der Waals surface area (Å²) in [6.07, 6.45) is 0.439. The summed E-state index contributed by atoms with van der Waals surface area (Å²) in [5, 5.41) is 8.57. The Bertz CT molecular complexity index is 350. The Morgan fingerprint density at radius 1 is 1.43 bits per heavy atom. The van der Waals surface area contributed by atoms with E-state index in [9.17, 15) is 0 Å². The summed E-state index contributed by atoms with van der Waals surface area (Å²) in [5.74, 6) is 1.33. The molecule has 0 saturated heterocycles. The molecule has 1 aromatic carbocycles. The van der Waals surface area contributed by atoms with E-state index in [-0.39, 0.29) is 0 Å².